The molecule has 1 aromatic rings. The zero-order chi connectivity index (χ0) is 12.5. The lowest BCUT2D eigenvalue weighted by molar-refractivity contribution is 0.512. The Morgan fingerprint density at radius 3 is 2.65 bits per heavy atom. The number of anilines is 1. The smallest absolute Gasteiger partial charge is 0.0468 e. The average Bonchev–Trinajstić information content (AvgIpc) is 2.68. The summed E-state index contributed by atoms with van der Waals surface area (Å²) in [5, 5.41) is 5.51. The molecule has 3 heteroatoms. The molecule has 0 aliphatic rings. The zero-order valence-electron chi connectivity index (χ0n) is 11.2. The molecule has 17 heavy (non-hydrogen) atoms. The first-order valence-electron chi connectivity index (χ1n) is 6.72. The molecule has 1 heterocycles. The zero-order valence-corrected chi connectivity index (χ0v) is 12.0. The summed E-state index contributed by atoms with van der Waals surface area (Å²) in [6.07, 6.45) is 6.76. The van der Waals surface area contributed by atoms with Gasteiger partial charge in [0.2, 0.25) is 0 Å². The lowest BCUT2D eigenvalue weighted by Crippen LogP contribution is -2.14. The van der Waals surface area contributed by atoms with Crippen LogP contribution in [0.15, 0.2) is 11.4 Å². The van der Waals surface area contributed by atoms with Crippen molar-refractivity contribution in [2.45, 2.75) is 52.5 Å². The maximum Gasteiger partial charge on any atom is 0.0468 e. The summed E-state index contributed by atoms with van der Waals surface area (Å²) in [5.41, 5.74) is 6.75. The third kappa shape index (κ3) is 6.69. The number of rotatable bonds is 9. The van der Waals surface area contributed by atoms with E-state index in [1.54, 1.807) is 11.3 Å². The van der Waals surface area contributed by atoms with Crippen molar-refractivity contribution in [3.05, 3.63) is 16.3 Å². The minimum absolute atomic E-state index is 0.856. The predicted molar refractivity (Wildman–Crippen MR) is 78.4 cm³/mol. The molecular weight excluding hydrogens is 228 g/mol. The van der Waals surface area contributed by atoms with Crippen molar-refractivity contribution in [3.8, 4) is 0 Å². The van der Waals surface area contributed by atoms with Gasteiger partial charge in [-0.25, -0.2) is 0 Å². The normalized spacial score (nSPS) is 11.2. The van der Waals surface area contributed by atoms with Crippen LogP contribution in [0.4, 0.5) is 5.69 Å². The Kier molecular flexibility index (Phi) is 7.29. The molecule has 2 nitrogen and oxygen atoms in total. The number of hydrogen-bond donors (Lipinski definition) is 2. The van der Waals surface area contributed by atoms with Gasteiger partial charge >= 0.3 is 0 Å². The van der Waals surface area contributed by atoms with Crippen molar-refractivity contribution in [2.24, 2.45) is 5.92 Å². The van der Waals surface area contributed by atoms with Gasteiger partial charge in [0.15, 0.2) is 0 Å². The predicted octanol–water partition coefficient (Wildman–Crippen LogP) is 4.03. The molecule has 3 N–H and O–H groups in total. The quantitative estimate of drug-likeness (QED) is 0.653. The number of nitrogen functional groups attached to an aromatic ring is 1. The van der Waals surface area contributed by atoms with E-state index in [4.69, 9.17) is 5.73 Å². The Morgan fingerprint density at radius 1 is 1.24 bits per heavy atom. The second-order valence-corrected chi connectivity index (χ2v) is 6.07. The van der Waals surface area contributed by atoms with E-state index in [0.717, 1.165) is 24.7 Å². The van der Waals surface area contributed by atoms with Crippen LogP contribution in [0, 0.1) is 5.92 Å². The van der Waals surface area contributed by atoms with Crippen LogP contribution in [0.3, 0.4) is 0 Å². The monoisotopic (exact) mass is 254 g/mol. The fraction of sp³-hybridized carbons (Fsp3) is 0.714. The maximum absolute atomic E-state index is 5.82. The van der Waals surface area contributed by atoms with Crippen LogP contribution in [0.5, 0.6) is 0 Å². The van der Waals surface area contributed by atoms with Crippen LogP contribution in [0.25, 0.3) is 0 Å². The third-order valence-electron chi connectivity index (χ3n) is 2.95. The van der Waals surface area contributed by atoms with Gasteiger partial charge in [0, 0.05) is 17.1 Å². The van der Waals surface area contributed by atoms with Crippen molar-refractivity contribution in [3.63, 3.8) is 0 Å². The van der Waals surface area contributed by atoms with Gasteiger partial charge in [0.25, 0.3) is 0 Å². The first kappa shape index (κ1) is 14.5. The van der Waals surface area contributed by atoms with E-state index < -0.39 is 0 Å². The first-order valence-corrected chi connectivity index (χ1v) is 7.60. The van der Waals surface area contributed by atoms with E-state index in [9.17, 15) is 0 Å². The van der Waals surface area contributed by atoms with Gasteiger partial charge in [-0.15, -0.1) is 11.3 Å². The largest absolute Gasteiger partial charge is 0.398 e. The molecule has 0 aliphatic heterocycles. The van der Waals surface area contributed by atoms with E-state index in [1.807, 2.05) is 6.07 Å². The first-order chi connectivity index (χ1) is 8.20. The number of nitrogens with one attached hydrogen (secondary N) is 1. The van der Waals surface area contributed by atoms with Crippen molar-refractivity contribution < 1.29 is 0 Å². The molecule has 0 fully saturated rings. The van der Waals surface area contributed by atoms with Gasteiger partial charge in [-0.1, -0.05) is 39.5 Å². The van der Waals surface area contributed by atoms with Crippen LogP contribution in [0.1, 0.15) is 50.8 Å². The van der Waals surface area contributed by atoms with Crippen LogP contribution in [0.2, 0.25) is 0 Å². The summed E-state index contributed by atoms with van der Waals surface area (Å²) in [7, 11) is 0. The van der Waals surface area contributed by atoms with Gasteiger partial charge in [-0.2, -0.15) is 0 Å². The van der Waals surface area contributed by atoms with E-state index in [-0.39, 0.29) is 0 Å². The highest BCUT2D eigenvalue weighted by Crippen LogP contribution is 2.18. The highest BCUT2D eigenvalue weighted by atomic mass is 32.1. The summed E-state index contributed by atoms with van der Waals surface area (Å²) in [4.78, 5) is 1.27. The lowest BCUT2D eigenvalue weighted by Gasteiger charge is -2.05. The molecule has 0 spiro atoms. The molecule has 0 aliphatic carbocycles. The second kappa shape index (κ2) is 8.54. The lowest BCUT2D eigenvalue weighted by atomic mass is 10.0. The molecule has 1 rings (SSSR count). The molecule has 98 valence electrons. The minimum atomic E-state index is 0.856. The van der Waals surface area contributed by atoms with Crippen molar-refractivity contribution in [1.29, 1.82) is 0 Å². The van der Waals surface area contributed by atoms with Crippen LogP contribution < -0.4 is 11.1 Å². The van der Waals surface area contributed by atoms with Crippen LogP contribution >= 0.6 is 11.3 Å². The molecular formula is C14H26N2S. The average molecular weight is 254 g/mol. The summed E-state index contributed by atoms with van der Waals surface area (Å²) in [6, 6.07) is 1.98. The molecule has 0 radical (unpaired) electrons. The van der Waals surface area contributed by atoms with Gasteiger partial charge in [-0.05, 0) is 30.3 Å². The van der Waals surface area contributed by atoms with Crippen molar-refractivity contribution >= 4 is 17.0 Å². The Balaban J connectivity index is 1.90. The molecule has 0 bridgehead atoms. The number of thiophene rings is 1. The van der Waals surface area contributed by atoms with Gasteiger partial charge in [-0.3, -0.25) is 0 Å². The topological polar surface area (TPSA) is 38.0 Å². The Bertz CT molecular complexity index is 294. The summed E-state index contributed by atoms with van der Waals surface area (Å²) in [5.74, 6) is 0.856. The minimum Gasteiger partial charge on any atom is -0.398 e. The summed E-state index contributed by atoms with van der Waals surface area (Å²) in [6.45, 7) is 6.63. The highest BCUT2D eigenvalue weighted by Gasteiger charge is 1.99. The number of nitrogens with two attached hydrogens (primary N) is 1. The molecule has 0 atom stereocenters. The van der Waals surface area contributed by atoms with Gasteiger partial charge < -0.3 is 11.1 Å². The van der Waals surface area contributed by atoms with E-state index in [2.05, 4.69) is 24.5 Å². The van der Waals surface area contributed by atoms with Crippen molar-refractivity contribution in [2.75, 3.05) is 12.3 Å². The van der Waals surface area contributed by atoms with Crippen LogP contribution in [-0.2, 0) is 6.54 Å². The highest BCUT2D eigenvalue weighted by molar-refractivity contribution is 7.10. The Labute approximate surface area is 110 Å². The number of unbranched alkanes of at least 4 members (excludes halogenated alkanes) is 3. The fourth-order valence-corrected chi connectivity index (χ4v) is 2.62. The Morgan fingerprint density at radius 2 is 2.00 bits per heavy atom. The molecule has 0 unspecified atom stereocenters. The molecule has 1 aromatic heterocycles. The van der Waals surface area contributed by atoms with Crippen molar-refractivity contribution in [1.82, 2.24) is 5.32 Å². The summed E-state index contributed by atoms with van der Waals surface area (Å²) >= 11 is 1.74. The molecule has 0 saturated carbocycles. The summed E-state index contributed by atoms with van der Waals surface area (Å²) < 4.78 is 0. The van der Waals surface area contributed by atoms with E-state index >= 15 is 0 Å². The standard InChI is InChI=1S/C14H26N2S/c1-12(2)7-5-3-4-6-9-16-11-14-13(15)8-10-17-14/h8,10,12,16H,3-7,9,11,15H2,1-2H3. The molecule has 0 amide bonds. The van der Waals surface area contributed by atoms with Gasteiger partial charge in [0.1, 0.15) is 0 Å². The SMILES string of the molecule is CC(C)CCCCCCNCc1sccc1N. The fourth-order valence-electron chi connectivity index (χ4n) is 1.85. The molecule has 0 aromatic carbocycles. The molecule has 0 saturated heterocycles. The number of hydrogen-bond acceptors (Lipinski definition) is 3. The van der Waals surface area contributed by atoms with E-state index in [1.165, 1.54) is 37.0 Å². The van der Waals surface area contributed by atoms with Crippen LogP contribution in [-0.4, -0.2) is 6.54 Å². The third-order valence-corrected chi connectivity index (χ3v) is 3.89. The maximum atomic E-state index is 5.82. The van der Waals surface area contributed by atoms with E-state index in [0.29, 0.717) is 0 Å². The second-order valence-electron chi connectivity index (χ2n) is 5.07. The van der Waals surface area contributed by atoms with Gasteiger partial charge in [0.05, 0.1) is 0 Å². The Hall–Kier alpha value is -0.540.